The molecule has 146 valence electrons. The summed E-state index contributed by atoms with van der Waals surface area (Å²) in [5.41, 5.74) is 5.39. The minimum absolute atomic E-state index is 0.0998. The maximum absolute atomic E-state index is 12.4. The third-order valence-electron chi connectivity index (χ3n) is 5.16. The lowest BCUT2D eigenvalue weighted by atomic mass is 10.0. The second kappa shape index (κ2) is 7.58. The van der Waals surface area contributed by atoms with E-state index in [1.165, 1.54) is 29.7 Å². The molecule has 0 saturated heterocycles. The van der Waals surface area contributed by atoms with Crippen molar-refractivity contribution >= 4 is 5.91 Å². The van der Waals surface area contributed by atoms with Gasteiger partial charge in [-0.3, -0.25) is 19.1 Å². The number of hydrogen-bond donors (Lipinski definition) is 1. The number of nitrogens with zero attached hydrogens (tertiary/aromatic N) is 5. The molecule has 3 aromatic heterocycles. The molecule has 7 nitrogen and oxygen atoms in total. The number of aromatic nitrogens is 5. The molecular formula is C21H26N6O. The van der Waals surface area contributed by atoms with Crippen LogP contribution in [-0.2, 0) is 6.54 Å². The van der Waals surface area contributed by atoms with E-state index in [2.05, 4.69) is 33.5 Å². The van der Waals surface area contributed by atoms with Gasteiger partial charge in [0, 0.05) is 48.4 Å². The van der Waals surface area contributed by atoms with Gasteiger partial charge in [-0.05, 0) is 50.8 Å². The average molecular weight is 378 g/mol. The maximum atomic E-state index is 12.4. The second-order valence-corrected chi connectivity index (χ2v) is 7.69. The maximum Gasteiger partial charge on any atom is 0.254 e. The molecule has 3 heterocycles. The van der Waals surface area contributed by atoms with E-state index in [0.717, 1.165) is 5.56 Å². The Balaban J connectivity index is 1.45. The zero-order valence-corrected chi connectivity index (χ0v) is 16.6. The molecule has 0 atom stereocenters. The topological polar surface area (TPSA) is 77.6 Å². The van der Waals surface area contributed by atoms with E-state index < -0.39 is 0 Å². The van der Waals surface area contributed by atoms with Crippen LogP contribution in [0.1, 0.15) is 60.3 Å². The zero-order chi connectivity index (χ0) is 19.7. The number of hydrogen-bond acceptors (Lipinski definition) is 4. The highest BCUT2D eigenvalue weighted by atomic mass is 16.1. The van der Waals surface area contributed by atoms with Crippen LogP contribution in [0.25, 0.3) is 11.1 Å². The van der Waals surface area contributed by atoms with Crippen molar-refractivity contribution in [2.45, 2.75) is 52.1 Å². The molecule has 0 aliphatic heterocycles. The van der Waals surface area contributed by atoms with Crippen LogP contribution in [-0.4, -0.2) is 37.0 Å². The summed E-state index contributed by atoms with van der Waals surface area (Å²) in [6.45, 7) is 7.33. The fourth-order valence-corrected chi connectivity index (χ4v) is 3.46. The normalized spacial score (nSPS) is 13.9. The molecule has 0 radical (unpaired) electrons. The number of rotatable bonds is 7. The predicted octanol–water partition coefficient (Wildman–Crippen LogP) is 3.34. The lowest BCUT2D eigenvalue weighted by Crippen LogP contribution is -2.27. The van der Waals surface area contributed by atoms with Gasteiger partial charge in [0.15, 0.2) is 0 Å². The van der Waals surface area contributed by atoms with E-state index in [-0.39, 0.29) is 11.9 Å². The Morgan fingerprint density at radius 1 is 1.21 bits per heavy atom. The molecule has 28 heavy (non-hydrogen) atoms. The number of carbonyl (C=O) groups excluding carboxylic acids is 1. The summed E-state index contributed by atoms with van der Waals surface area (Å²) < 4.78 is 3.83. The smallest absolute Gasteiger partial charge is 0.254 e. The summed E-state index contributed by atoms with van der Waals surface area (Å²) in [4.78, 5) is 16.6. The van der Waals surface area contributed by atoms with Gasteiger partial charge in [-0.2, -0.15) is 10.2 Å². The molecule has 1 fully saturated rings. The Bertz CT molecular complexity index is 982. The molecule has 1 aliphatic rings. The Kier molecular flexibility index (Phi) is 4.98. The molecule has 4 rings (SSSR count). The van der Waals surface area contributed by atoms with Crippen molar-refractivity contribution in [1.82, 2.24) is 29.9 Å². The van der Waals surface area contributed by atoms with Crippen molar-refractivity contribution in [3.63, 3.8) is 0 Å². The Labute approximate surface area is 164 Å². The van der Waals surface area contributed by atoms with Crippen LogP contribution >= 0.6 is 0 Å². The van der Waals surface area contributed by atoms with Gasteiger partial charge in [-0.1, -0.05) is 0 Å². The van der Waals surface area contributed by atoms with Gasteiger partial charge in [0.1, 0.15) is 0 Å². The summed E-state index contributed by atoms with van der Waals surface area (Å²) in [5.74, 6) is 0.460. The summed E-state index contributed by atoms with van der Waals surface area (Å²) in [5, 5.41) is 11.8. The Hall–Kier alpha value is -2.96. The minimum Gasteiger partial charge on any atom is -0.350 e. The standard InChI is InChI=1S/C21H26N6O/c1-14(2)27-13-17(11-24-27)21(28)23-8-9-26-20(16-4-5-16)19(12-25-26)18-6-7-22-10-15(18)3/h6-7,10-14,16H,4-5,8-9H2,1-3H3,(H,23,28). The van der Waals surface area contributed by atoms with Crippen molar-refractivity contribution in [3.8, 4) is 11.1 Å². The SMILES string of the molecule is Cc1cnccc1-c1cnn(CCNC(=O)c2cnn(C(C)C)c2)c1C1CC1. The largest absolute Gasteiger partial charge is 0.350 e. The number of nitrogens with one attached hydrogen (secondary N) is 1. The summed E-state index contributed by atoms with van der Waals surface area (Å²) >= 11 is 0. The minimum atomic E-state index is -0.0998. The molecule has 0 unspecified atom stereocenters. The Morgan fingerprint density at radius 3 is 2.71 bits per heavy atom. The number of carbonyl (C=O) groups is 1. The van der Waals surface area contributed by atoms with Gasteiger partial charge in [0.25, 0.3) is 5.91 Å². The number of pyridine rings is 1. The first-order chi connectivity index (χ1) is 13.5. The summed E-state index contributed by atoms with van der Waals surface area (Å²) in [7, 11) is 0. The number of aryl methyl sites for hydroxylation is 1. The first kappa shape index (κ1) is 18.4. The highest BCUT2D eigenvalue weighted by molar-refractivity contribution is 5.93. The van der Waals surface area contributed by atoms with Crippen LogP contribution in [0.3, 0.4) is 0 Å². The molecule has 0 aromatic carbocycles. The second-order valence-electron chi connectivity index (χ2n) is 7.69. The lowest BCUT2D eigenvalue weighted by molar-refractivity contribution is 0.0951. The fraction of sp³-hybridized carbons (Fsp3) is 0.429. The summed E-state index contributed by atoms with van der Waals surface area (Å²) in [6.07, 6.45) is 11.5. The van der Waals surface area contributed by atoms with Crippen molar-refractivity contribution in [2.24, 2.45) is 0 Å². The van der Waals surface area contributed by atoms with Crippen LogP contribution in [0.15, 0.2) is 37.1 Å². The van der Waals surface area contributed by atoms with Gasteiger partial charge in [0.05, 0.1) is 24.5 Å². The molecule has 1 amide bonds. The fourth-order valence-electron chi connectivity index (χ4n) is 3.46. The van der Waals surface area contributed by atoms with Crippen molar-refractivity contribution < 1.29 is 4.79 Å². The highest BCUT2D eigenvalue weighted by Crippen LogP contribution is 2.44. The lowest BCUT2D eigenvalue weighted by Gasteiger charge is -2.11. The summed E-state index contributed by atoms with van der Waals surface area (Å²) in [6, 6.07) is 2.29. The van der Waals surface area contributed by atoms with E-state index in [1.54, 1.807) is 17.1 Å². The zero-order valence-electron chi connectivity index (χ0n) is 16.6. The highest BCUT2D eigenvalue weighted by Gasteiger charge is 2.31. The number of amides is 1. The first-order valence-corrected chi connectivity index (χ1v) is 9.83. The predicted molar refractivity (Wildman–Crippen MR) is 107 cm³/mol. The van der Waals surface area contributed by atoms with Gasteiger partial charge in [0.2, 0.25) is 0 Å². The van der Waals surface area contributed by atoms with Gasteiger partial charge < -0.3 is 5.32 Å². The quantitative estimate of drug-likeness (QED) is 0.684. The molecule has 1 N–H and O–H groups in total. The third-order valence-corrected chi connectivity index (χ3v) is 5.16. The van der Waals surface area contributed by atoms with Crippen LogP contribution in [0, 0.1) is 6.92 Å². The molecule has 0 spiro atoms. The van der Waals surface area contributed by atoms with E-state index in [4.69, 9.17) is 0 Å². The van der Waals surface area contributed by atoms with Gasteiger partial charge in [-0.15, -0.1) is 0 Å². The monoisotopic (exact) mass is 378 g/mol. The average Bonchev–Trinajstić information content (AvgIpc) is 3.23. The van der Waals surface area contributed by atoms with Crippen LogP contribution < -0.4 is 5.32 Å². The molecule has 1 aliphatic carbocycles. The molecule has 3 aromatic rings. The van der Waals surface area contributed by atoms with Crippen LogP contribution in [0.5, 0.6) is 0 Å². The molecular weight excluding hydrogens is 352 g/mol. The third kappa shape index (κ3) is 3.69. The van der Waals surface area contributed by atoms with Crippen LogP contribution in [0.4, 0.5) is 0 Å². The van der Waals surface area contributed by atoms with Crippen molar-refractivity contribution in [3.05, 3.63) is 53.9 Å². The molecule has 0 bridgehead atoms. The van der Waals surface area contributed by atoms with E-state index in [1.807, 2.05) is 37.1 Å². The van der Waals surface area contributed by atoms with E-state index >= 15 is 0 Å². The van der Waals surface area contributed by atoms with E-state index in [0.29, 0.717) is 24.6 Å². The van der Waals surface area contributed by atoms with E-state index in [9.17, 15) is 4.79 Å². The van der Waals surface area contributed by atoms with Crippen molar-refractivity contribution in [1.29, 1.82) is 0 Å². The van der Waals surface area contributed by atoms with Gasteiger partial charge in [-0.25, -0.2) is 0 Å². The first-order valence-electron chi connectivity index (χ1n) is 9.83. The van der Waals surface area contributed by atoms with Crippen molar-refractivity contribution in [2.75, 3.05) is 6.54 Å². The Morgan fingerprint density at radius 2 is 2.04 bits per heavy atom. The van der Waals surface area contributed by atoms with Crippen LogP contribution in [0.2, 0.25) is 0 Å². The molecule has 7 heteroatoms. The molecule has 1 saturated carbocycles. The van der Waals surface area contributed by atoms with Gasteiger partial charge >= 0.3 is 0 Å².